The molecule has 0 aliphatic carbocycles. The smallest absolute Gasteiger partial charge is 0.217 e. The molecule has 0 unspecified atom stereocenters. The van der Waals surface area contributed by atoms with Gasteiger partial charge in [0.2, 0.25) is 5.91 Å². The zero-order chi connectivity index (χ0) is 20.0. The minimum absolute atomic E-state index is 0.118. The number of rotatable bonds is 8. The molecule has 4 nitrogen and oxygen atoms in total. The van der Waals surface area contributed by atoms with Crippen molar-refractivity contribution in [1.82, 2.24) is 10.6 Å². The third-order valence-electron chi connectivity index (χ3n) is 4.02. The van der Waals surface area contributed by atoms with E-state index in [0.717, 1.165) is 21.7 Å². The molecular formula is C20H23BrF2N2O2. The highest BCUT2D eigenvalue weighted by molar-refractivity contribution is 9.10. The maximum absolute atomic E-state index is 13.4. The van der Waals surface area contributed by atoms with Gasteiger partial charge in [0, 0.05) is 30.6 Å². The maximum Gasteiger partial charge on any atom is 0.217 e. The lowest BCUT2D eigenvalue weighted by Gasteiger charge is -2.24. The van der Waals surface area contributed by atoms with Crippen molar-refractivity contribution in [2.45, 2.75) is 39.0 Å². The van der Waals surface area contributed by atoms with Gasteiger partial charge < -0.3 is 15.7 Å². The third kappa shape index (κ3) is 7.36. The van der Waals surface area contributed by atoms with E-state index in [2.05, 4.69) is 26.6 Å². The second kappa shape index (κ2) is 9.92. The first-order valence-corrected chi connectivity index (χ1v) is 9.39. The number of benzene rings is 2. The average Bonchev–Trinajstić information content (AvgIpc) is 2.51. The van der Waals surface area contributed by atoms with Crippen LogP contribution in [-0.2, 0) is 17.8 Å². The summed E-state index contributed by atoms with van der Waals surface area (Å²) in [6.07, 6.45) is -0.805. The predicted molar refractivity (Wildman–Crippen MR) is 104 cm³/mol. The summed E-state index contributed by atoms with van der Waals surface area (Å²) in [5.74, 6) is -1.70. The van der Waals surface area contributed by atoms with E-state index in [1.807, 2.05) is 25.1 Å². The Bertz CT molecular complexity index is 761. The van der Waals surface area contributed by atoms with Gasteiger partial charge in [-0.2, -0.15) is 0 Å². The first-order chi connectivity index (χ1) is 12.7. The molecule has 146 valence electrons. The van der Waals surface area contributed by atoms with Crippen LogP contribution in [0.25, 0.3) is 0 Å². The third-order valence-corrected chi connectivity index (χ3v) is 4.47. The van der Waals surface area contributed by atoms with E-state index < -0.39 is 23.8 Å². The molecule has 0 fully saturated rings. The zero-order valence-corrected chi connectivity index (χ0v) is 16.8. The van der Waals surface area contributed by atoms with Crippen molar-refractivity contribution >= 4 is 21.8 Å². The largest absolute Gasteiger partial charge is 0.390 e. The van der Waals surface area contributed by atoms with Gasteiger partial charge >= 0.3 is 0 Å². The highest BCUT2D eigenvalue weighted by Crippen LogP contribution is 2.15. The molecule has 0 saturated heterocycles. The van der Waals surface area contributed by atoms with Crippen LogP contribution in [0.5, 0.6) is 0 Å². The first kappa shape index (κ1) is 21.5. The number of aliphatic hydroxyl groups is 1. The molecule has 0 saturated carbocycles. The Labute approximate surface area is 166 Å². The Kier molecular flexibility index (Phi) is 7.89. The Hall–Kier alpha value is -1.83. The van der Waals surface area contributed by atoms with Gasteiger partial charge in [0.25, 0.3) is 0 Å². The average molecular weight is 441 g/mol. The standard InChI is InChI=1S/C20H23BrF2N2O2/c1-12-3-15(5-16(21)4-12)10-24-11-20(27)19(25-13(2)26)8-14-6-17(22)9-18(23)7-14/h3-7,9,19-20,24,27H,8,10-11H2,1-2H3,(H,25,26)/t19-,20+/m0/s1. The fourth-order valence-electron chi connectivity index (χ4n) is 2.95. The Balaban J connectivity index is 1.99. The quantitative estimate of drug-likeness (QED) is 0.590. The van der Waals surface area contributed by atoms with Crippen molar-refractivity contribution in [2.24, 2.45) is 0 Å². The van der Waals surface area contributed by atoms with Crippen molar-refractivity contribution in [3.8, 4) is 0 Å². The van der Waals surface area contributed by atoms with Gasteiger partial charge in [-0.3, -0.25) is 4.79 Å². The fourth-order valence-corrected chi connectivity index (χ4v) is 3.60. The Morgan fingerprint density at radius 3 is 2.37 bits per heavy atom. The minimum atomic E-state index is -0.923. The molecule has 7 heteroatoms. The topological polar surface area (TPSA) is 61.4 Å². The van der Waals surface area contributed by atoms with Gasteiger partial charge in [-0.25, -0.2) is 8.78 Å². The molecule has 2 rings (SSSR count). The summed E-state index contributed by atoms with van der Waals surface area (Å²) in [4.78, 5) is 11.5. The van der Waals surface area contributed by atoms with Gasteiger partial charge in [-0.05, 0) is 54.3 Å². The molecule has 2 atom stereocenters. The van der Waals surface area contributed by atoms with Gasteiger partial charge in [-0.1, -0.05) is 22.0 Å². The van der Waals surface area contributed by atoms with Gasteiger partial charge in [-0.15, -0.1) is 0 Å². The number of nitrogens with one attached hydrogen (secondary N) is 2. The Morgan fingerprint density at radius 1 is 1.11 bits per heavy atom. The summed E-state index contributed by atoms with van der Waals surface area (Å²) in [5, 5.41) is 16.3. The molecule has 0 radical (unpaired) electrons. The van der Waals surface area contributed by atoms with E-state index in [-0.39, 0.29) is 18.9 Å². The summed E-state index contributed by atoms with van der Waals surface area (Å²) in [6.45, 7) is 4.09. The maximum atomic E-state index is 13.4. The number of amides is 1. The van der Waals surface area contributed by atoms with Crippen molar-refractivity contribution in [3.05, 3.63) is 69.2 Å². The number of hydrogen-bond acceptors (Lipinski definition) is 3. The molecule has 2 aromatic rings. The van der Waals surface area contributed by atoms with Crippen LogP contribution in [0.15, 0.2) is 40.9 Å². The second-order valence-corrected chi connectivity index (χ2v) is 7.54. The zero-order valence-electron chi connectivity index (χ0n) is 15.2. The van der Waals surface area contributed by atoms with Crippen LogP contribution in [0.1, 0.15) is 23.6 Å². The normalized spacial score (nSPS) is 13.3. The van der Waals surface area contributed by atoms with E-state index in [1.54, 1.807) is 0 Å². The second-order valence-electron chi connectivity index (χ2n) is 6.62. The summed E-state index contributed by atoms with van der Waals surface area (Å²) in [6, 6.07) is 8.53. The summed E-state index contributed by atoms with van der Waals surface area (Å²) < 4.78 is 27.8. The summed E-state index contributed by atoms with van der Waals surface area (Å²) >= 11 is 3.45. The Morgan fingerprint density at radius 2 is 1.78 bits per heavy atom. The number of hydrogen-bond donors (Lipinski definition) is 3. The van der Waals surface area contributed by atoms with E-state index >= 15 is 0 Å². The van der Waals surface area contributed by atoms with Crippen molar-refractivity contribution in [2.75, 3.05) is 6.54 Å². The molecule has 0 spiro atoms. The number of carbonyl (C=O) groups excluding carboxylic acids is 1. The monoisotopic (exact) mass is 440 g/mol. The summed E-state index contributed by atoms with van der Waals surface area (Å²) in [7, 11) is 0. The number of aryl methyl sites for hydroxylation is 1. The molecule has 27 heavy (non-hydrogen) atoms. The highest BCUT2D eigenvalue weighted by Gasteiger charge is 2.21. The van der Waals surface area contributed by atoms with Gasteiger partial charge in [0.1, 0.15) is 11.6 Å². The van der Waals surface area contributed by atoms with E-state index in [9.17, 15) is 18.7 Å². The van der Waals surface area contributed by atoms with Crippen LogP contribution in [0.4, 0.5) is 8.78 Å². The number of carbonyl (C=O) groups is 1. The molecule has 0 aliphatic heterocycles. The van der Waals surface area contributed by atoms with Crippen LogP contribution in [-0.4, -0.2) is 29.7 Å². The lowest BCUT2D eigenvalue weighted by molar-refractivity contribution is -0.120. The van der Waals surface area contributed by atoms with Crippen molar-refractivity contribution in [3.63, 3.8) is 0 Å². The molecule has 0 bridgehead atoms. The van der Waals surface area contributed by atoms with E-state index in [4.69, 9.17) is 0 Å². The van der Waals surface area contributed by atoms with Gasteiger partial charge in [0.05, 0.1) is 12.1 Å². The molecule has 0 aromatic heterocycles. The molecule has 0 heterocycles. The van der Waals surface area contributed by atoms with Crippen molar-refractivity contribution < 1.29 is 18.7 Å². The SMILES string of the molecule is CC(=O)N[C@@H](Cc1cc(F)cc(F)c1)[C@H](O)CNCc1cc(C)cc(Br)c1. The fraction of sp³-hybridized carbons (Fsp3) is 0.350. The lowest BCUT2D eigenvalue weighted by atomic mass is 10.0. The highest BCUT2D eigenvalue weighted by atomic mass is 79.9. The van der Waals surface area contributed by atoms with Crippen LogP contribution in [0.3, 0.4) is 0 Å². The minimum Gasteiger partial charge on any atom is -0.390 e. The van der Waals surface area contributed by atoms with Crippen LogP contribution >= 0.6 is 15.9 Å². The number of aliphatic hydroxyl groups excluding tert-OH is 1. The van der Waals surface area contributed by atoms with Crippen LogP contribution in [0.2, 0.25) is 0 Å². The van der Waals surface area contributed by atoms with E-state index in [1.165, 1.54) is 19.1 Å². The molecule has 0 aliphatic rings. The predicted octanol–water partition coefficient (Wildman–Crippen LogP) is 3.23. The van der Waals surface area contributed by atoms with Crippen molar-refractivity contribution in [1.29, 1.82) is 0 Å². The molecule has 2 aromatic carbocycles. The molecular weight excluding hydrogens is 418 g/mol. The summed E-state index contributed by atoms with van der Waals surface area (Å²) in [5.41, 5.74) is 2.54. The molecule has 3 N–H and O–H groups in total. The first-order valence-electron chi connectivity index (χ1n) is 8.60. The van der Waals surface area contributed by atoms with Gasteiger partial charge in [0.15, 0.2) is 0 Å². The number of halogens is 3. The van der Waals surface area contributed by atoms with Crippen LogP contribution < -0.4 is 10.6 Å². The molecule has 1 amide bonds. The van der Waals surface area contributed by atoms with Crippen LogP contribution in [0, 0.1) is 18.6 Å². The van der Waals surface area contributed by atoms with E-state index in [0.29, 0.717) is 12.1 Å². The lowest BCUT2D eigenvalue weighted by Crippen LogP contribution is -2.48.